The normalized spacial score (nSPS) is 11.4. The van der Waals surface area contributed by atoms with Crippen LogP contribution in [0.3, 0.4) is 0 Å². The fourth-order valence-corrected chi connectivity index (χ4v) is 2.22. The maximum Gasteiger partial charge on any atom is 0.224 e. The number of hydrogen-bond acceptors (Lipinski definition) is 3. The smallest absolute Gasteiger partial charge is 0.224 e. The molecule has 1 rings (SSSR count). The Morgan fingerprint density at radius 1 is 1.14 bits per heavy atom. The van der Waals surface area contributed by atoms with Crippen LogP contribution >= 0.6 is 0 Å². The van der Waals surface area contributed by atoms with E-state index in [-0.39, 0.29) is 28.5 Å². The molecule has 0 heterocycles. The maximum absolute atomic E-state index is 11.9. The summed E-state index contributed by atoms with van der Waals surface area (Å²) in [6.45, 7) is 8.02. The number of nitrogens with one attached hydrogen (secondary N) is 1. The predicted molar refractivity (Wildman–Crippen MR) is 85.9 cm³/mol. The quantitative estimate of drug-likeness (QED) is 0.541. The Labute approximate surface area is 127 Å². The van der Waals surface area contributed by atoms with Crippen molar-refractivity contribution in [3.63, 3.8) is 0 Å². The molecule has 0 spiro atoms. The second kappa shape index (κ2) is 7.34. The van der Waals surface area contributed by atoms with Gasteiger partial charge in [-0.25, -0.2) is 0 Å². The molecule has 0 aliphatic heterocycles. The van der Waals surface area contributed by atoms with Crippen LogP contribution in [0, 0.1) is 0 Å². The average molecular weight is 293 g/mol. The van der Waals surface area contributed by atoms with E-state index in [1.54, 1.807) is 6.07 Å². The predicted octanol–water partition coefficient (Wildman–Crippen LogP) is 4.30. The molecule has 1 aromatic rings. The Kier molecular flexibility index (Phi) is 6.06. The van der Waals surface area contributed by atoms with Crippen molar-refractivity contribution in [2.75, 3.05) is 5.32 Å². The number of anilines is 1. The molecule has 118 valence electrons. The third-order valence-corrected chi connectivity index (χ3v) is 3.49. The topological polar surface area (TPSA) is 69.6 Å². The van der Waals surface area contributed by atoms with Crippen LogP contribution < -0.4 is 5.32 Å². The Balaban J connectivity index is 2.81. The molecule has 0 bridgehead atoms. The number of phenolic OH excluding ortho intramolecular Hbond substituents is 2. The van der Waals surface area contributed by atoms with Crippen LogP contribution in [-0.2, 0) is 10.2 Å². The van der Waals surface area contributed by atoms with Crippen LogP contribution in [0.4, 0.5) is 5.69 Å². The van der Waals surface area contributed by atoms with Gasteiger partial charge in [0.15, 0.2) is 0 Å². The summed E-state index contributed by atoms with van der Waals surface area (Å²) in [5.74, 6) is -0.338. The lowest BCUT2D eigenvalue weighted by atomic mass is 9.86. The second-order valence-corrected chi connectivity index (χ2v) is 6.46. The number of rotatable bonds is 6. The molecule has 0 radical (unpaired) electrons. The van der Waals surface area contributed by atoms with Crippen molar-refractivity contribution in [3.8, 4) is 11.5 Å². The zero-order valence-corrected chi connectivity index (χ0v) is 13.5. The van der Waals surface area contributed by atoms with Crippen molar-refractivity contribution in [2.24, 2.45) is 0 Å². The van der Waals surface area contributed by atoms with E-state index in [4.69, 9.17) is 0 Å². The molecule has 4 nitrogen and oxygen atoms in total. The van der Waals surface area contributed by atoms with Crippen LogP contribution in [0.15, 0.2) is 12.1 Å². The van der Waals surface area contributed by atoms with Gasteiger partial charge < -0.3 is 15.5 Å². The van der Waals surface area contributed by atoms with E-state index < -0.39 is 0 Å². The van der Waals surface area contributed by atoms with E-state index >= 15 is 0 Å². The zero-order chi connectivity index (χ0) is 16.0. The van der Waals surface area contributed by atoms with Gasteiger partial charge in [-0.3, -0.25) is 4.79 Å². The Hall–Kier alpha value is -1.71. The van der Waals surface area contributed by atoms with E-state index in [1.807, 2.05) is 20.8 Å². The number of phenols is 2. The standard InChI is InChI=1S/C17H27NO3/c1-5-6-7-8-9-14(20)18-15-13(19)11-10-12(16(15)21)17(2,3)4/h10-11,19,21H,5-9H2,1-4H3,(H,18,20). The molecular weight excluding hydrogens is 266 g/mol. The molecule has 0 saturated heterocycles. The summed E-state index contributed by atoms with van der Waals surface area (Å²) < 4.78 is 0. The van der Waals surface area contributed by atoms with Crippen molar-refractivity contribution in [1.82, 2.24) is 0 Å². The molecular formula is C17H27NO3. The first-order valence-corrected chi connectivity index (χ1v) is 7.62. The van der Waals surface area contributed by atoms with E-state index in [1.165, 1.54) is 6.07 Å². The highest BCUT2D eigenvalue weighted by molar-refractivity contribution is 5.94. The van der Waals surface area contributed by atoms with E-state index in [0.717, 1.165) is 25.7 Å². The summed E-state index contributed by atoms with van der Waals surface area (Å²) in [6, 6.07) is 3.19. The van der Waals surface area contributed by atoms with Crippen molar-refractivity contribution in [2.45, 2.75) is 65.2 Å². The van der Waals surface area contributed by atoms with E-state index in [0.29, 0.717) is 12.0 Å². The van der Waals surface area contributed by atoms with Gasteiger partial charge >= 0.3 is 0 Å². The van der Waals surface area contributed by atoms with Crippen LogP contribution in [0.5, 0.6) is 11.5 Å². The minimum Gasteiger partial charge on any atom is -0.506 e. The first kappa shape index (κ1) is 17.3. The molecule has 1 aromatic carbocycles. The summed E-state index contributed by atoms with van der Waals surface area (Å²) in [4.78, 5) is 11.9. The molecule has 0 aliphatic carbocycles. The van der Waals surface area contributed by atoms with Crippen LogP contribution in [-0.4, -0.2) is 16.1 Å². The zero-order valence-electron chi connectivity index (χ0n) is 13.5. The molecule has 0 aromatic heterocycles. The van der Waals surface area contributed by atoms with Gasteiger partial charge in [-0.15, -0.1) is 0 Å². The Morgan fingerprint density at radius 2 is 1.81 bits per heavy atom. The largest absolute Gasteiger partial charge is 0.506 e. The van der Waals surface area contributed by atoms with Gasteiger partial charge in [0.2, 0.25) is 5.91 Å². The molecule has 0 saturated carbocycles. The maximum atomic E-state index is 11.9. The minimum absolute atomic E-state index is 0.0515. The average Bonchev–Trinajstić information content (AvgIpc) is 2.38. The van der Waals surface area contributed by atoms with Crippen molar-refractivity contribution in [1.29, 1.82) is 0 Å². The van der Waals surface area contributed by atoms with Gasteiger partial charge in [0.25, 0.3) is 0 Å². The van der Waals surface area contributed by atoms with Gasteiger partial charge in [0.05, 0.1) is 0 Å². The highest BCUT2D eigenvalue weighted by atomic mass is 16.3. The number of amides is 1. The van der Waals surface area contributed by atoms with Crippen molar-refractivity contribution >= 4 is 11.6 Å². The molecule has 0 fully saturated rings. The Bertz CT molecular complexity index is 490. The SMILES string of the molecule is CCCCCCC(=O)Nc1c(O)ccc(C(C)(C)C)c1O. The molecule has 4 heteroatoms. The lowest BCUT2D eigenvalue weighted by Crippen LogP contribution is -2.15. The van der Waals surface area contributed by atoms with Crippen LogP contribution in [0.1, 0.15) is 65.4 Å². The summed E-state index contributed by atoms with van der Waals surface area (Å²) in [5, 5.41) is 22.8. The summed E-state index contributed by atoms with van der Waals surface area (Å²) in [6.07, 6.45) is 4.48. The number of hydrogen-bond donors (Lipinski definition) is 3. The number of aromatic hydroxyl groups is 2. The van der Waals surface area contributed by atoms with Gasteiger partial charge in [0.1, 0.15) is 17.2 Å². The van der Waals surface area contributed by atoms with Gasteiger partial charge in [-0.05, 0) is 17.9 Å². The molecule has 3 N–H and O–H groups in total. The van der Waals surface area contributed by atoms with Gasteiger partial charge in [-0.1, -0.05) is 53.0 Å². The molecule has 0 aliphatic rings. The van der Waals surface area contributed by atoms with Gasteiger partial charge in [0, 0.05) is 12.0 Å². The first-order valence-electron chi connectivity index (χ1n) is 7.62. The van der Waals surface area contributed by atoms with Crippen LogP contribution in [0.25, 0.3) is 0 Å². The van der Waals surface area contributed by atoms with E-state index in [2.05, 4.69) is 12.2 Å². The molecule has 0 unspecified atom stereocenters. The van der Waals surface area contributed by atoms with Crippen molar-refractivity contribution < 1.29 is 15.0 Å². The highest BCUT2D eigenvalue weighted by Gasteiger charge is 2.22. The Morgan fingerprint density at radius 3 is 2.38 bits per heavy atom. The number of benzene rings is 1. The minimum atomic E-state index is -0.265. The summed E-state index contributed by atoms with van der Waals surface area (Å²) in [5.41, 5.74) is 0.544. The summed E-state index contributed by atoms with van der Waals surface area (Å²) in [7, 11) is 0. The fraction of sp³-hybridized carbons (Fsp3) is 0.588. The van der Waals surface area contributed by atoms with Crippen LogP contribution in [0.2, 0.25) is 0 Å². The first-order chi connectivity index (χ1) is 9.77. The van der Waals surface area contributed by atoms with E-state index in [9.17, 15) is 15.0 Å². The lowest BCUT2D eigenvalue weighted by Gasteiger charge is -2.22. The van der Waals surface area contributed by atoms with Gasteiger partial charge in [-0.2, -0.15) is 0 Å². The molecule has 0 atom stereocenters. The number of carbonyl (C=O) groups excluding carboxylic acids is 1. The number of carbonyl (C=O) groups is 1. The third kappa shape index (κ3) is 4.96. The third-order valence-electron chi connectivity index (χ3n) is 3.49. The fourth-order valence-electron chi connectivity index (χ4n) is 2.22. The lowest BCUT2D eigenvalue weighted by molar-refractivity contribution is -0.116. The second-order valence-electron chi connectivity index (χ2n) is 6.46. The monoisotopic (exact) mass is 293 g/mol. The highest BCUT2D eigenvalue weighted by Crippen LogP contribution is 2.41. The molecule has 21 heavy (non-hydrogen) atoms. The van der Waals surface area contributed by atoms with Crippen molar-refractivity contribution in [3.05, 3.63) is 17.7 Å². The summed E-state index contributed by atoms with van der Waals surface area (Å²) >= 11 is 0. The number of unbranched alkanes of at least 4 members (excludes halogenated alkanes) is 3. The molecule has 1 amide bonds.